The molecule has 0 saturated carbocycles. The summed E-state index contributed by atoms with van der Waals surface area (Å²) >= 11 is 1.26. The Kier molecular flexibility index (Phi) is 4.88. The number of hydrogen-bond donors (Lipinski definition) is 1. The summed E-state index contributed by atoms with van der Waals surface area (Å²) in [6, 6.07) is 4.33. The second kappa shape index (κ2) is 6.34. The van der Waals surface area contributed by atoms with Gasteiger partial charge in [-0.3, -0.25) is 4.79 Å². The van der Waals surface area contributed by atoms with Crippen LogP contribution in [0, 0.1) is 0 Å². The van der Waals surface area contributed by atoms with Gasteiger partial charge in [0.05, 0.1) is 5.56 Å². The maximum atomic E-state index is 12.8. The Morgan fingerprint density at radius 3 is 1.92 bits per heavy atom. The summed E-state index contributed by atoms with van der Waals surface area (Å²) in [6.45, 7) is 0. The lowest BCUT2D eigenvalue weighted by molar-refractivity contribution is -0.376. The number of hydrogen-bond acceptors (Lipinski definition) is 3. The van der Waals surface area contributed by atoms with Crippen LogP contribution < -0.4 is 4.90 Å². The Bertz CT molecular complexity index is 723. The fourth-order valence-corrected chi connectivity index (χ4v) is 2.74. The van der Waals surface area contributed by atoms with E-state index in [1.165, 1.54) is 24.5 Å². The van der Waals surface area contributed by atoms with Gasteiger partial charge >= 0.3 is 12.4 Å². The minimum atomic E-state index is -5.95. The molecule has 0 saturated heterocycles. The third-order valence-corrected chi connectivity index (χ3v) is 4.25. The summed E-state index contributed by atoms with van der Waals surface area (Å²) in [5.41, 5.74) is -5.97. The molecule has 0 atom stereocenters. The highest BCUT2D eigenvalue weighted by atomic mass is 32.1. The van der Waals surface area contributed by atoms with Crippen molar-refractivity contribution in [1.82, 2.24) is 0 Å². The molecular weight excluding hydrogens is 372 g/mol. The van der Waals surface area contributed by atoms with Crippen LogP contribution in [-0.2, 0) is 5.60 Å². The molecule has 3 nitrogen and oxygen atoms in total. The summed E-state index contributed by atoms with van der Waals surface area (Å²) in [6.07, 6.45) is -11.9. The van der Waals surface area contributed by atoms with Gasteiger partial charge in [-0.25, -0.2) is 0 Å². The molecule has 10 heteroatoms. The Morgan fingerprint density at radius 2 is 1.52 bits per heavy atom. The summed E-state index contributed by atoms with van der Waals surface area (Å²) in [4.78, 5) is 13.2. The van der Waals surface area contributed by atoms with E-state index >= 15 is 0 Å². The third kappa shape index (κ3) is 3.36. The number of nitrogens with zero attached hydrogens (tertiary/aromatic N) is 1. The van der Waals surface area contributed by atoms with Crippen molar-refractivity contribution >= 4 is 22.9 Å². The molecule has 1 N–H and O–H groups in total. The highest BCUT2D eigenvalue weighted by Gasteiger charge is 2.71. The normalized spacial score (nSPS) is 13.0. The van der Waals surface area contributed by atoms with Crippen LogP contribution in [0.1, 0.15) is 15.9 Å². The van der Waals surface area contributed by atoms with Crippen molar-refractivity contribution in [1.29, 1.82) is 0 Å². The predicted octanol–water partition coefficient (Wildman–Crippen LogP) is 4.34. The zero-order chi connectivity index (χ0) is 19.0. The smallest absolute Gasteiger partial charge is 0.369 e. The molecule has 0 aliphatic heterocycles. The van der Waals surface area contributed by atoms with E-state index in [2.05, 4.69) is 0 Å². The number of benzene rings is 1. The number of amides is 1. The maximum absolute atomic E-state index is 12.8. The van der Waals surface area contributed by atoms with E-state index in [4.69, 9.17) is 0 Å². The fraction of sp³-hybridized carbons (Fsp3) is 0.267. The molecular formula is C15H11F6NO2S. The molecule has 0 fully saturated rings. The molecule has 2 rings (SSSR count). The number of aliphatic hydroxyl groups is 1. The van der Waals surface area contributed by atoms with E-state index in [0.29, 0.717) is 17.7 Å². The molecule has 0 unspecified atom stereocenters. The molecule has 136 valence electrons. The molecule has 1 amide bonds. The van der Waals surface area contributed by atoms with Crippen LogP contribution in [0.4, 0.5) is 32.0 Å². The molecule has 0 aliphatic carbocycles. The molecule has 0 radical (unpaired) electrons. The van der Waals surface area contributed by atoms with Crippen molar-refractivity contribution in [3.63, 3.8) is 0 Å². The van der Waals surface area contributed by atoms with Gasteiger partial charge in [0.15, 0.2) is 0 Å². The average molecular weight is 383 g/mol. The zero-order valence-corrected chi connectivity index (χ0v) is 13.3. The SMILES string of the molecule is CN(C(=O)c1ccsc1)c1ccc(C(O)(C(F)(F)F)C(F)(F)F)cc1. The predicted molar refractivity (Wildman–Crippen MR) is 79.5 cm³/mol. The highest BCUT2D eigenvalue weighted by Crippen LogP contribution is 2.50. The van der Waals surface area contributed by atoms with E-state index in [9.17, 15) is 36.2 Å². The number of carbonyl (C=O) groups is 1. The molecule has 0 aliphatic rings. The minimum Gasteiger partial charge on any atom is -0.369 e. The number of anilines is 1. The first-order chi connectivity index (χ1) is 11.4. The summed E-state index contributed by atoms with van der Waals surface area (Å²) < 4.78 is 77.0. The lowest BCUT2D eigenvalue weighted by Crippen LogP contribution is -2.53. The summed E-state index contributed by atoms with van der Waals surface area (Å²) in [7, 11) is 1.33. The summed E-state index contributed by atoms with van der Waals surface area (Å²) in [5, 5.41) is 12.5. The Morgan fingerprint density at radius 1 is 1.00 bits per heavy atom. The number of thiophene rings is 1. The minimum absolute atomic E-state index is 0.0756. The van der Waals surface area contributed by atoms with Gasteiger partial charge in [0.25, 0.3) is 11.5 Å². The van der Waals surface area contributed by atoms with Gasteiger partial charge in [0.2, 0.25) is 0 Å². The number of alkyl halides is 6. The molecule has 25 heavy (non-hydrogen) atoms. The molecule has 0 spiro atoms. The van der Waals surface area contributed by atoms with Crippen LogP contribution in [0.25, 0.3) is 0 Å². The van der Waals surface area contributed by atoms with Gasteiger partial charge in [-0.05, 0) is 23.6 Å². The van der Waals surface area contributed by atoms with Gasteiger partial charge in [0.1, 0.15) is 0 Å². The molecule has 2 aromatic rings. The van der Waals surface area contributed by atoms with Crippen LogP contribution in [0.3, 0.4) is 0 Å². The molecule has 1 aromatic carbocycles. The Balaban J connectivity index is 2.37. The van der Waals surface area contributed by atoms with Gasteiger partial charge in [-0.1, -0.05) is 12.1 Å². The quantitative estimate of drug-likeness (QED) is 0.802. The monoisotopic (exact) mass is 383 g/mol. The van der Waals surface area contributed by atoms with Gasteiger partial charge in [-0.2, -0.15) is 37.7 Å². The van der Waals surface area contributed by atoms with Crippen molar-refractivity contribution in [3.05, 3.63) is 52.2 Å². The average Bonchev–Trinajstić information content (AvgIpc) is 3.05. The molecule has 1 aromatic heterocycles. The van der Waals surface area contributed by atoms with E-state index in [-0.39, 0.29) is 5.69 Å². The van der Waals surface area contributed by atoms with E-state index in [1.54, 1.807) is 10.8 Å². The number of halogens is 6. The van der Waals surface area contributed by atoms with Gasteiger partial charge in [0, 0.05) is 23.7 Å². The lowest BCUT2D eigenvalue weighted by Gasteiger charge is -2.32. The first-order valence-electron chi connectivity index (χ1n) is 6.66. The standard InChI is InChI=1S/C15H11F6NO2S/c1-22(12(23)9-6-7-25-8-9)11-4-2-10(3-5-11)13(24,14(16,17)18)15(19,20)21/h2-8,24H,1H3. The fourth-order valence-electron chi connectivity index (χ4n) is 2.11. The maximum Gasteiger partial charge on any atom is 0.430 e. The Hall–Kier alpha value is -2.07. The van der Waals surface area contributed by atoms with Crippen LogP contribution >= 0.6 is 11.3 Å². The van der Waals surface area contributed by atoms with Crippen molar-refractivity contribution in [2.75, 3.05) is 11.9 Å². The zero-order valence-electron chi connectivity index (χ0n) is 12.5. The molecule has 0 bridgehead atoms. The van der Waals surface area contributed by atoms with E-state index in [0.717, 1.165) is 17.0 Å². The van der Waals surface area contributed by atoms with Crippen molar-refractivity contribution < 1.29 is 36.2 Å². The summed E-state index contributed by atoms with van der Waals surface area (Å²) in [5.74, 6) is -0.476. The number of carbonyl (C=O) groups excluding carboxylic acids is 1. The largest absolute Gasteiger partial charge is 0.430 e. The Labute approximate surface area is 142 Å². The van der Waals surface area contributed by atoms with Gasteiger partial charge < -0.3 is 10.0 Å². The second-order valence-corrected chi connectivity index (χ2v) is 5.91. The first kappa shape index (κ1) is 19.3. The number of rotatable bonds is 3. The second-order valence-electron chi connectivity index (χ2n) is 5.13. The lowest BCUT2D eigenvalue weighted by atomic mass is 9.92. The van der Waals surface area contributed by atoms with Crippen molar-refractivity contribution in [3.8, 4) is 0 Å². The van der Waals surface area contributed by atoms with Crippen LogP contribution in [0.2, 0.25) is 0 Å². The van der Waals surface area contributed by atoms with Crippen LogP contribution in [0.5, 0.6) is 0 Å². The van der Waals surface area contributed by atoms with E-state index in [1.807, 2.05) is 0 Å². The van der Waals surface area contributed by atoms with Crippen LogP contribution in [-0.4, -0.2) is 30.4 Å². The topological polar surface area (TPSA) is 40.5 Å². The molecule has 1 heterocycles. The highest BCUT2D eigenvalue weighted by molar-refractivity contribution is 7.08. The third-order valence-electron chi connectivity index (χ3n) is 3.57. The van der Waals surface area contributed by atoms with Crippen molar-refractivity contribution in [2.24, 2.45) is 0 Å². The first-order valence-corrected chi connectivity index (χ1v) is 7.60. The van der Waals surface area contributed by atoms with Crippen LogP contribution in [0.15, 0.2) is 41.1 Å². The van der Waals surface area contributed by atoms with Gasteiger partial charge in [-0.15, -0.1) is 0 Å². The van der Waals surface area contributed by atoms with E-state index < -0.39 is 29.4 Å². The van der Waals surface area contributed by atoms with Crippen molar-refractivity contribution in [2.45, 2.75) is 18.0 Å².